The van der Waals surface area contributed by atoms with E-state index in [1.807, 2.05) is 12.3 Å². The van der Waals surface area contributed by atoms with Gasteiger partial charge in [0.05, 0.1) is 0 Å². The van der Waals surface area contributed by atoms with Gasteiger partial charge in [0.1, 0.15) is 4.88 Å². The highest BCUT2D eigenvalue weighted by atomic mass is 79.9. The lowest BCUT2D eigenvalue weighted by atomic mass is 10.3. The molecule has 11 heavy (non-hydrogen) atoms. The van der Waals surface area contributed by atoms with Crippen LogP contribution in [-0.2, 0) is 0 Å². The molecule has 2 nitrogen and oxygen atoms in total. The largest absolute Gasteiger partial charge is 0.354 e. The minimum atomic E-state index is -0.0324. The van der Waals surface area contributed by atoms with E-state index in [1.54, 1.807) is 7.05 Å². The molecule has 0 aliphatic rings. The fourth-order valence-electron chi connectivity index (χ4n) is 0.697. The number of hydrogen-bond donors (Lipinski definition) is 1. The third-order valence-corrected chi connectivity index (χ3v) is 3.71. The maximum atomic E-state index is 11.1. The number of aryl methyl sites for hydroxylation is 1. The summed E-state index contributed by atoms with van der Waals surface area (Å²) in [6.07, 6.45) is 0. The highest BCUT2D eigenvalue weighted by molar-refractivity contribution is 9.10. The molecule has 1 aromatic heterocycles. The Morgan fingerprint density at radius 2 is 2.36 bits per heavy atom. The van der Waals surface area contributed by atoms with E-state index in [9.17, 15) is 4.79 Å². The SMILES string of the molecule is CNC(=O)c1scc(C)c1Br. The minimum Gasteiger partial charge on any atom is -0.354 e. The molecule has 0 aromatic carbocycles. The first kappa shape index (κ1) is 8.74. The maximum absolute atomic E-state index is 11.1. The number of hydrogen-bond acceptors (Lipinski definition) is 2. The predicted molar refractivity (Wildman–Crippen MR) is 50.1 cm³/mol. The van der Waals surface area contributed by atoms with Crippen LogP contribution in [0.15, 0.2) is 9.85 Å². The Labute approximate surface area is 77.7 Å². The molecule has 4 heteroatoms. The van der Waals surface area contributed by atoms with Gasteiger partial charge in [-0.1, -0.05) is 0 Å². The van der Waals surface area contributed by atoms with E-state index in [2.05, 4.69) is 21.2 Å². The Morgan fingerprint density at radius 1 is 1.73 bits per heavy atom. The van der Waals surface area contributed by atoms with Crippen molar-refractivity contribution in [1.29, 1.82) is 0 Å². The molecular weight excluding hydrogens is 226 g/mol. The normalized spacial score (nSPS) is 9.73. The van der Waals surface area contributed by atoms with Crippen LogP contribution in [0.25, 0.3) is 0 Å². The third kappa shape index (κ3) is 1.62. The zero-order chi connectivity index (χ0) is 8.43. The maximum Gasteiger partial charge on any atom is 0.262 e. The van der Waals surface area contributed by atoms with Gasteiger partial charge in [-0.15, -0.1) is 11.3 Å². The number of thiophene rings is 1. The van der Waals surface area contributed by atoms with Crippen LogP contribution in [0.2, 0.25) is 0 Å². The average molecular weight is 234 g/mol. The number of carbonyl (C=O) groups is 1. The number of carbonyl (C=O) groups excluding carboxylic acids is 1. The van der Waals surface area contributed by atoms with Crippen molar-refractivity contribution in [3.63, 3.8) is 0 Å². The molecule has 0 aliphatic carbocycles. The summed E-state index contributed by atoms with van der Waals surface area (Å²) < 4.78 is 0.904. The summed E-state index contributed by atoms with van der Waals surface area (Å²) in [5.74, 6) is -0.0324. The molecule has 60 valence electrons. The first-order valence-electron chi connectivity index (χ1n) is 3.12. The molecule has 0 saturated heterocycles. The standard InChI is InChI=1S/C7H8BrNOS/c1-4-3-11-6(5(4)8)7(10)9-2/h3H,1-2H3,(H,9,10). The molecule has 1 N–H and O–H groups in total. The Hall–Kier alpha value is -0.350. The summed E-state index contributed by atoms with van der Waals surface area (Å²) in [6, 6.07) is 0. The first-order valence-corrected chi connectivity index (χ1v) is 4.79. The van der Waals surface area contributed by atoms with E-state index < -0.39 is 0 Å². The van der Waals surface area contributed by atoms with E-state index in [4.69, 9.17) is 0 Å². The Bertz CT molecular complexity index is 282. The van der Waals surface area contributed by atoms with Crippen molar-refractivity contribution in [2.45, 2.75) is 6.92 Å². The van der Waals surface area contributed by atoms with Crippen molar-refractivity contribution in [2.75, 3.05) is 7.05 Å². The summed E-state index contributed by atoms with van der Waals surface area (Å²) in [6.45, 7) is 1.97. The topological polar surface area (TPSA) is 29.1 Å². The number of nitrogens with one attached hydrogen (secondary N) is 1. The van der Waals surface area contributed by atoms with Crippen LogP contribution < -0.4 is 5.32 Å². The van der Waals surface area contributed by atoms with E-state index in [0.717, 1.165) is 14.9 Å². The van der Waals surface area contributed by atoms with E-state index in [-0.39, 0.29) is 5.91 Å². The van der Waals surface area contributed by atoms with Crippen molar-refractivity contribution in [1.82, 2.24) is 5.32 Å². The van der Waals surface area contributed by atoms with Crippen LogP contribution in [-0.4, -0.2) is 13.0 Å². The Balaban J connectivity index is 3.04. The van der Waals surface area contributed by atoms with Crippen molar-refractivity contribution in [3.05, 3.63) is 20.3 Å². The number of amides is 1. The van der Waals surface area contributed by atoms with Crippen LogP contribution in [0, 0.1) is 6.92 Å². The molecule has 0 saturated carbocycles. The Morgan fingerprint density at radius 3 is 2.73 bits per heavy atom. The molecule has 0 atom stereocenters. The summed E-state index contributed by atoms with van der Waals surface area (Å²) >= 11 is 4.79. The Kier molecular flexibility index (Phi) is 2.67. The quantitative estimate of drug-likeness (QED) is 0.792. The number of rotatable bonds is 1. The second-order valence-corrected chi connectivity index (χ2v) is 3.81. The fourth-order valence-corrected chi connectivity index (χ4v) is 2.31. The van der Waals surface area contributed by atoms with Gasteiger partial charge in [0.25, 0.3) is 5.91 Å². The lowest BCUT2D eigenvalue weighted by molar-refractivity contribution is 0.0966. The second-order valence-electron chi connectivity index (χ2n) is 2.14. The molecule has 1 heterocycles. The molecule has 0 unspecified atom stereocenters. The monoisotopic (exact) mass is 233 g/mol. The lowest BCUT2D eigenvalue weighted by Crippen LogP contribution is -2.16. The van der Waals surface area contributed by atoms with Crippen molar-refractivity contribution in [3.8, 4) is 0 Å². The van der Waals surface area contributed by atoms with Gasteiger partial charge in [-0.3, -0.25) is 4.79 Å². The average Bonchev–Trinajstić information content (AvgIpc) is 2.32. The molecule has 1 aromatic rings. The van der Waals surface area contributed by atoms with Crippen LogP contribution in [0.4, 0.5) is 0 Å². The smallest absolute Gasteiger partial charge is 0.262 e. The summed E-state index contributed by atoms with van der Waals surface area (Å²) in [7, 11) is 1.63. The highest BCUT2D eigenvalue weighted by Crippen LogP contribution is 2.27. The molecule has 0 bridgehead atoms. The lowest BCUT2D eigenvalue weighted by Gasteiger charge is -1.95. The van der Waals surface area contributed by atoms with Crippen LogP contribution in [0.5, 0.6) is 0 Å². The van der Waals surface area contributed by atoms with E-state index in [1.165, 1.54) is 11.3 Å². The van der Waals surface area contributed by atoms with Gasteiger partial charge >= 0.3 is 0 Å². The summed E-state index contributed by atoms with van der Waals surface area (Å²) in [4.78, 5) is 11.9. The van der Waals surface area contributed by atoms with Crippen molar-refractivity contribution < 1.29 is 4.79 Å². The fraction of sp³-hybridized carbons (Fsp3) is 0.286. The highest BCUT2D eigenvalue weighted by Gasteiger charge is 2.11. The van der Waals surface area contributed by atoms with Gasteiger partial charge in [-0.2, -0.15) is 0 Å². The van der Waals surface area contributed by atoms with Gasteiger partial charge in [-0.05, 0) is 33.8 Å². The molecular formula is C7H8BrNOS. The molecule has 0 radical (unpaired) electrons. The molecule has 0 aliphatic heterocycles. The second kappa shape index (κ2) is 3.36. The first-order chi connectivity index (χ1) is 5.16. The number of halogens is 1. The van der Waals surface area contributed by atoms with Gasteiger partial charge in [0, 0.05) is 11.5 Å². The predicted octanol–water partition coefficient (Wildman–Crippen LogP) is 2.18. The molecule has 1 amide bonds. The van der Waals surface area contributed by atoms with Gasteiger partial charge in [0.15, 0.2) is 0 Å². The van der Waals surface area contributed by atoms with Gasteiger partial charge < -0.3 is 5.32 Å². The zero-order valence-corrected chi connectivity index (χ0v) is 8.67. The zero-order valence-electron chi connectivity index (χ0n) is 6.27. The van der Waals surface area contributed by atoms with Gasteiger partial charge in [-0.25, -0.2) is 0 Å². The van der Waals surface area contributed by atoms with Gasteiger partial charge in [0.2, 0.25) is 0 Å². The van der Waals surface area contributed by atoms with E-state index in [0.29, 0.717) is 0 Å². The van der Waals surface area contributed by atoms with Crippen LogP contribution in [0.3, 0.4) is 0 Å². The van der Waals surface area contributed by atoms with Crippen molar-refractivity contribution >= 4 is 33.2 Å². The summed E-state index contributed by atoms with van der Waals surface area (Å²) in [5, 5.41) is 4.53. The minimum absolute atomic E-state index is 0.0324. The van der Waals surface area contributed by atoms with Crippen LogP contribution in [0.1, 0.15) is 15.2 Å². The molecule has 0 spiro atoms. The van der Waals surface area contributed by atoms with Crippen molar-refractivity contribution in [2.24, 2.45) is 0 Å². The van der Waals surface area contributed by atoms with E-state index >= 15 is 0 Å². The van der Waals surface area contributed by atoms with Crippen LogP contribution >= 0.6 is 27.3 Å². The summed E-state index contributed by atoms with van der Waals surface area (Å²) in [5.41, 5.74) is 1.11. The molecule has 1 rings (SSSR count). The molecule has 0 fully saturated rings. The third-order valence-electron chi connectivity index (χ3n) is 1.33.